The van der Waals surface area contributed by atoms with Gasteiger partial charge in [-0.2, -0.15) is 0 Å². The molecule has 2 aromatic rings. The van der Waals surface area contributed by atoms with Gasteiger partial charge in [-0.15, -0.1) is 0 Å². The number of amides is 1. The molecule has 0 unspecified atom stereocenters. The first-order valence-corrected chi connectivity index (χ1v) is 9.11. The topological polar surface area (TPSA) is 75.3 Å². The molecule has 0 atom stereocenters. The summed E-state index contributed by atoms with van der Waals surface area (Å²) >= 11 is 0. The Morgan fingerprint density at radius 1 is 0.958 bits per heavy atom. The zero-order valence-electron chi connectivity index (χ0n) is 14.3. The third kappa shape index (κ3) is 4.43. The van der Waals surface area contributed by atoms with E-state index in [9.17, 15) is 13.2 Å². The lowest BCUT2D eigenvalue weighted by Gasteiger charge is -2.13. The second-order valence-corrected chi connectivity index (χ2v) is 7.73. The summed E-state index contributed by atoms with van der Waals surface area (Å²) in [5.74, 6) is -0.402. The molecule has 1 amide bonds. The molecule has 128 valence electrons. The van der Waals surface area contributed by atoms with Crippen LogP contribution in [0.4, 0.5) is 5.69 Å². The smallest absolute Gasteiger partial charge is 0.241 e. The van der Waals surface area contributed by atoms with E-state index in [-0.39, 0.29) is 11.4 Å². The zero-order chi connectivity index (χ0) is 17.9. The Morgan fingerprint density at radius 3 is 2.17 bits per heavy atom. The van der Waals surface area contributed by atoms with Crippen LogP contribution in [0.15, 0.2) is 41.3 Å². The molecule has 0 saturated heterocycles. The van der Waals surface area contributed by atoms with Crippen molar-refractivity contribution in [3.8, 4) is 0 Å². The van der Waals surface area contributed by atoms with E-state index in [1.54, 1.807) is 12.1 Å². The van der Waals surface area contributed by atoms with E-state index in [2.05, 4.69) is 10.0 Å². The highest BCUT2D eigenvalue weighted by atomic mass is 32.2. The van der Waals surface area contributed by atoms with Crippen LogP contribution >= 0.6 is 0 Å². The molecule has 0 spiro atoms. The van der Waals surface area contributed by atoms with E-state index < -0.39 is 15.9 Å². The molecule has 0 radical (unpaired) electrons. The summed E-state index contributed by atoms with van der Waals surface area (Å²) in [5.41, 5.74) is 4.57. The minimum atomic E-state index is -3.71. The lowest BCUT2D eigenvalue weighted by atomic mass is 10.1. The van der Waals surface area contributed by atoms with Crippen molar-refractivity contribution in [2.24, 2.45) is 0 Å². The van der Waals surface area contributed by atoms with Crippen molar-refractivity contribution >= 4 is 21.6 Å². The van der Waals surface area contributed by atoms with Gasteiger partial charge in [0.2, 0.25) is 15.9 Å². The van der Waals surface area contributed by atoms with Crippen molar-refractivity contribution in [1.29, 1.82) is 0 Å². The van der Waals surface area contributed by atoms with Crippen LogP contribution in [0.3, 0.4) is 0 Å². The van der Waals surface area contributed by atoms with Crippen molar-refractivity contribution in [2.45, 2.75) is 32.6 Å². The highest BCUT2D eigenvalue weighted by molar-refractivity contribution is 7.89. The molecule has 0 aromatic heterocycles. The van der Waals surface area contributed by atoms with E-state index in [1.165, 1.54) is 6.07 Å². The van der Waals surface area contributed by atoms with Crippen molar-refractivity contribution in [3.63, 3.8) is 0 Å². The summed E-state index contributed by atoms with van der Waals surface area (Å²) in [6.07, 6.45) is 0. The van der Waals surface area contributed by atoms with Gasteiger partial charge in [-0.25, -0.2) is 13.1 Å². The van der Waals surface area contributed by atoms with E-state index in [0.717, 1.165) is 27.9 Å². The molecular formula is C18H22N2O3S. The van der Waals surface area contributed by atoms with Gasteiger partial charge in [0, 0.05) is 5.69 Å². The van der Waals surface area contributed by atoms with Gasteiger partial charge in [0.1, 0.15) is 0 Å². The number of carbonyl (C=O) groups is 1. The Morgan fingerprint density at radius 2 is 1.58 bits per heavy atom. The summed E-state index contributed by atoms with van der Waals surface area (Å²) in [6.45, 7) is 7.30. The van der Waals surface area contributed by atoms with Crippen LogP contribution in [0, 0.1) is 27.7 Å². The molecule has 0 aliphatic rings. The maximum absolute atomic E-state index is 12.2. The highest BCUT2D eigenvalue weighted by Gasteiger charge is 2.16. The van der Waals surface area contributed by atoms with Gasteiger partial charge in [0.15, 0.2) is 0 Å². The normalized spacial score (nSPS) is 11.3. The highest BCUT2D eigenvalue weighted by Crippen LogP contribution is 2.21. The average Bonchev–Trinajstić information content (AvgIpc) is 2.49. The molecule has 2 N–H and O–H groups in total. The molecule has 0 aliphatic heterocycles. The van der Waals surface area contributed by atoms with Gasteiger partial charge in [-0.05, 0) is 56.5 Å². The molecule has 0 heterocycles. The fourth-order valence-electron chi connectivity index (χ4n) is 2.59. The number of hydrogen-bond acceptors (Lipinski definition) is 3. The van der Waals surface area contributed by atoms with Crippen LogP contribution < -0.4 is 10.0 Å². The number of aryl methyl sites for hydroxylation is 4. The fourth-order valence-corrected chi connectivity index (χ4v) is 3.67. The fraction of sp³-hybridized carbons (Fsp3) is 0.278. The minimum Gasteiger partial charge on any atom is -0.324 e. The van der Waals surface area contributed by atoms with Crippen LogP contribution in [0.1, 0.15) is 22.3 Å². The maximum atomic E-state index is 12.2. The number of sulfonamides is 1. The summed E-state index contributed by atoms with van der Waals surface area (Å²) < 4.78 is 26.8. The number of rotatable bonds is 5. The van der Waals surface area contributed by atoms with E-state index >= 15 is 0 Å². The first-order valence-electron chi connectivity index (χ1n) is 7.63. The summed E-state index contributed by atoms with van der Waals surface area (Å²) in [4.78, 5) is 12.3. The number of hydrogen-bond donors (Lipinski definition) is 2. The molecule has 2 rings (SSSR count). The van der Waals surface area contributed by atoms with E-state index in [1.807, 2.05) is 45.9 Å². The molecule has 0 aliphatic carbocycles. The zero-order valence-corrected chi connectivity index (χ0v) is 15.1. The van der Waals surface area contributed by atoms with Gasteiger partial charge in [-0.1, -0.05) is 29.8 Å². The van der Waals surface area contributed by atoms with Crippen LogP contribution in [0.5, 0.6) is 0 Å². The predicted molar refractivity (Wildman–Crippen MR) is 95.7 cm³/mol. The number of carbonyl (C=O) groups excluding carboxylic acids is 1. The predicted octanol–water partition coefficient (Wildman–Crippen LogP) is 2.84. The standard InChI is InChI=1S/C18H22N2O3S/c1-12-6-5-7-16(10-12)24(22,23)19-11-17(21)20-18-14(3)8-13(2)9-15(18)4/h5-10,19H,11H2,1-4H3,(H,20,21). The molecule has 0 bridgehead atoms. The monoisotopic (exact) mass is 346 g/mol. The molecule has 24 heavy (non-hydrogen) atoms. The van der Waals surface area contributed by atoms with Crippen molar-refractivity contribution in [2.75, 3.05) is 11.9 Å². The summed E-state index contributed by atoms with van der Waals surface area (Å²) in [7, 11) is -3.71. The van der Waals surface area contributed by atoms with Crippen LogP contribution in [-0.4, -0.2) is 20.9 Å². The third-order valence-corrected chi connectivity index (χ3v) is 5.06. The Labute approximate surface area is 143 Å². The SMILES string of the molecule is Cc1cccc(S(=O)(=O)NCC(=O)Nc2c(C)cc(C)cc2C)c1. The van der Waals surface area contributed by atoms with E-state index in [4.69, 9.17) is 0 Å². The lowest BCUT2D eigenvalue weighted by Crippen LogP contribution is -2.33. The number of anilines is 1. The molecule has 0 fully saturated rings. The van der Waals surface area contributed by atoms with Crippen molar-refractivity contribution < 1.29 is 13.2 Å². The van der Waals surface area contributed by atoms with Gasteiger partial charge < -0.3 is 5.32 Å². The minimum absolute atomic E-state index is 0.151. The molecule has 2 aromatic carbocycles. The molecule has 5 nitrogen and oxygen atoms in total. The Kier molecular flexibility index (Phi) is 5.41. The summed E-state index contributed by atoms with van der Waals surface area (Å²) in [6, 6.07) is 10.5. The Hall–Kier alpha value is -2.18. The Bertz CT molecular complexity index is 851. The van der Waals surface area contributed by atoms with Gasteiger partial charge >= 0.3 is 0 Å². The van der Waals surface area contributed by atoms with Gasteiger partial charge in [0.25, 0.3) is 0 Å². The van der Waals surface area contributed by atoms with Crippen molar-refractivity contribution in [3.05, 3.63) is 58.7 Å². The largest absolute Gasteiger partial charge is 0.324 e. The first kappa shape index (κ1) is 18.2. The molecule has 0 saturated carbocycles. The quantitative estimate of drug-likeness (QED) is 0.874. The van der Waals surface area contributed by atoms with Crippen LogP contribution in [0.25, 0.3) is 0 Å². The average molecular weight is 346 g/mol. The molecular weight excluding hydrogens is 324 g/mol. The second-order valence-electron chi connectivity index (χ2n) is 5.96. The van der Waals surface area contributed by atoms with E-state index in [0.29, 0.717) is 0 Å². The number of nitrogens with one attached hydrogen (secondary N) is 2. The van der Waals surface area contributed by atoms with Gasteiger partial charge in [0.05, 0.1) is 11.4 Å². The maximum Gasteiger partial charge on any atom is 0.241 e. The number of benzene rings is 2. The summed E-state index contributed by atoms with van der Waals surface area (Å²) in [5, 5.41) is 2.78. The third-order valence-electron chi connectivity index (χ3n) is 3.66. The second kappa shape index (κ2) is 7.15. The molecule has 6 heteroatoms. The van der Waals surface area contributed by atoms with Gasteiger partial charge in [-0.3, -0.25) is 4.79 Å². The Balaban J connectivity index is 2.06. The van der Waals surface area contributed by atoms with Crippen LogP contribution in [0.2, 0.25) is 0 Å². The first-order chi connectivity index (χ1) is 11.2. The van der Waals surface area contributed by atoms with Crippen LogP contribution in [-0.2, 0) is 14.8 Å². The van der Waals surface area contributed by atoms with Crippen molar-refractivity contribution in [1.82, 2.24) is 4.72 Å². The lowest BCUT2D eigenvalue weighted by molar-refractivity contribution is -0.115.